The van der Waals surface area contributed by atoms with Gasteiger partial charge in [0.15, 0.2) is 0 Å². The van der Waals surface area contributed by atoms with Gasteiger partial charge in [0.2, 0.25) is 0 Å². The largest absolute Gasteiger partial charge is 0.339 e. The monoisotopic (exact) mass is 481 g/mol. The van der Waals surface area contributed by atoms with Crippen molar-refractivity contribution in [2.75, 3.05) is 31.5 Å². The summed E-state index contributed by atoms with van der Waals surface area (Å²) < 4.78 is 0. The fraction of sp³-hybridized carbons (Fsp3) is 0.290. The number of nitrogens with one attached hydrogen (secondary N) is 2. The average Bonchev–Trinajstić information content (AvgIpc) is 2.91. The smallest absolute Gasteiger partial charge is 0.255 e. The van der Waals surface area contributed by atoms with Crippen molar-refractivity contribution >= 4 is 23.1 Å². The maximum absolute atomic E-state index is 12.9. The van der Waals surface area contributed by atoms with Gasteiger partial charge in [-0.2, -0.15) is 0 Å². The minimum Gasteiger partial charge on any atom is -0.339 e. The summed E-state index contributed by atoms with van der Waals surface area (Å²) in [4.78, 5) is 27.5. The highest BCUT2D eigenvalue weighted by molar-refractivity contribution is 6.04. The van der Waals surface area contributed by atoms with Crippen LogP contribution in [0.3, 0.4) is 0 Å². The van der Waals surface area contributed by atoms with Crippen molar-refractivity contribution in [1.82, 2.24) is 10.2 Å². The molecule has 0 bridgehead atoms. The standard InChI is InChI=1S/C31H35N3O2/c1-4-34(5-2)31(36)25-14-12-23(13-15-25)29(24-16-18-32-19-17-24)26-9-7-11-28(21-26)33-30(35)27-10-6-8-22(3)20-27/h6-15,20-21,32H,4-5,16-19H2,1-3H3,(H,33,35). The molecule has 4 rings (SSSR count). The van der Waals surface area contributed by atoms with Gasteiger partial charge in [0.05, 0.1) is 0 Å². The second-order valence-electron chi connectivity index (χ2n) is 9.19. The third-order valence-electron chi connectivity index (χ3n) is 6.72. The maximum atomic E-state index is 12.9. The predicted molar refractivity (Wildman–Crippen MR) is 147 cm³/mol. The molecule has 0 aliphatic carbocycles. The van der Waals surface area contributed by atoms with Crippen molar-refractivity contribution in [3.05, 3.63) is 106 Å². The Morgan fingerprint density at radius 1 is 0.806 bits per heavy atom. The molecule has 2 amide bonds. The predicted octanol–water partition coefficient (Wildman–Crippen LogP) is 5.91. The Hall–Kier alpha value is -3.70. The highest BCUT2D eigenvalue weighted by Crippen LogP contribution is 2.33. The molecule has 3 aromatic rings. The number of rotatable bonds is 7. The lowest BCUT2D eigenvalue weighted by Gasteiger charge is -2.22. The zero-order valence-electron chi connectivity index (χ0n) is 21.4. The van der Waals surface area contributed by atoms with E-state index in [4.69, 9.17) is 0 Å². The number of hydrogen-bond donors (Lipinski definition) is 2. The number of hydrogen-bond acceptors (Lipinski definition) is 3. The SMILES string of the molecule is CCN(CC)C(=O)c1ccc(C(=C2CCNCC2)c2cccc(NC(=O)c3cccc(C)c3)c2)cc1. The summed E-state index contributed by atoms with van der Waals surface area (Å²) in [7, 11) is 0. The number of carbonyl (C=O) groups is 2. The number of carbonyl (C=O) groups excluding carboxylic acids is 2. The van der Waals surface area contributed by atoms with E-state index in [1.165, 1.54) is 11.1 Å². The summed E-state index contributed by atoms with van der Waals surface area (Å²) in [5, 5.41) is 6.50. The Bertz CT molecular complexity index is 1250. The molecule has 3 aromatic carbocycles. The lowest BCUT2D eigenvalue weighted by Crippen LogP contribution is -2.30. The first-order valence-corrected chi connectivity index (χ1v) is 12.8. The zero-order valence-corrected chi connectivity index (χ0v) is 21.4. The second-order valence-corrected chi connectivity index (χ2v) is 9.19. The van der Waals surface area contributed by atoms with Crippen LogP contribution in [0.4, 0.5) is 5.69 Å². The van der Waals surface area contributed by atoms with Gasteiger partial charge >= 0.3 is 0 Å². The van der Waals surface area contributed by atoms with E-state index in [1.807, 2.05) is 80.3 Å². The van der Waals surface area contributed by atoms with Crippen molar-refractivity contribution < 1.29 is 9.59 Å². The van der Waals surface area contributed by atoms with Gasteiger partial charge in [-0.25, -0.2) is 0 Å². The molecule has 186 valence electrons. The summed E-state index contributed by atoms with van der Waals surface area (Å²) in [5.74, 6) is -0.0605. The minimum absolute atomic E-state index is 0.0588. The number of piperidine rings is 1. The van der Waals surface area contributed by atoms with Crippen LogP contribution in [0.25, 0.3) is 5.57 Å². The molecule has 1 aliphatic heterocycles. The van der Waals surface area contributed by atoms with Crippen molar-refractivity contribution in [3.63, 3.8) is 0 Å². The van der Waals surface area contributed by atoms with Gasteiger partial charge < -0.3 is 15.5 Å². The van der Waals surface area contributed by atoms with E-state index < -0.39 is 0 Å². The molecule has 36 heavy (non-hydrogen) atoms. The van der Waals surface area contributed by atoms with Gasteiger partial charge in [-0.3, -0.25) is 9.59 Å². The quantitative estimate of drug-likeness (QED) is 0.441. The van der Waals surface area contributed by atoms with Crippen LogP contribution < -0.4 is 10.6 Å². The third kappa shape index (κ3) is 5.92. The van der Waals surface area contributed by atoms with Crippen molar-refractivity contribution in [2.45, 2.75) is 33.6 Å². The fourth-order valence-corrected chi connectivity index (χ4v) is 4.77. The van der Waals surface area contributed by atoms with Crippen LogP contribution in [0.15, 0.2) is 78.4 Å². The van der Waals surface area contributed by atoms with E-state index in [-0.39, 0.29) is 11.8 Å². The molecule has 0 aromatic heterocycles. The summed E-state index contributed by atoms with van der Waals surface area (Å²) in [5.41, 5.74) is 7.89. The van der Waals surface area contributed by atoms with Gasteiger partial charge in [-0.1, -0.05) is 47.5 Å². The van der Waals surface area contributed by atoms with Gasteiger partial charge in [0.1, 0.15) is 0 Å². The first kappa shape index (κ1) is 25.4. The molecule has 0 radical (unpaired) electrons. The fourth-order valence-electron chi connectivity index (χ4n) is 4.77. The summed E-state index contributed by atoms with van der Waals surface area (Å²) >= 11 is 0. The summed E-state index contributed by atoms with van der Waals surface area (Å²) in [6, 6.07) is 23.6. The van der Waals surface area contributed by atoms with E-state index in [0.29, 0.717) is 24.2 Å². The Labute approximate surface area is 214 Å². The van der Waals surface area contributed by atoms with Crippen LogP contribution in [0.1, 0.15) is 64.1 Å². The summed E-state index contributed by atoms with van der Waals surface area (Å²) in [6.07, 6.45) is 1.94. The normalized spacial score (nSPS) is 13.2. The molecule has 0 atom stereocenters. The Morgan fingerprint density at radius 3 is 2.11 bits per heavy atom. The molecule has 1 aliphatic rings. The van der Waals surface area contributed by atoms with Crippen LogP contribution in [0, 0.1) is 6.92 Å². The molecule has 2 N–H and O–H groups in total. The van der Waals surface area contributed by atoms with E-state index in [0.717, 1.165) is 48.3 Å². The highest BCUT2D eigenvalue weighted by atomic mass is 16.2. The number of aryl methyl sites for hydroxylation is 1. The van der Waals surface area contributed by atoms with Crippen LogP contribution >= 0.6 is 0 Å². The number of amides is 2. The van der Waals surface area contributed by atoms with E-state index in [1.54, 1.807) is 0 Å². The van der Waals surface area contributed by atoms with Crippen molar-refractivity contribution in [2.24, 2.45) is 0 Å². The van der Waals surface area contributed by atoms with Crippen LogP contribution in [0.2, 0.25) is 0 Å². The highest BCUT2D eigenvalue weighted by Gasteiger charge is 2.17. The molecule has 5 nitrogen and oxygen atoms in total. The molecule has 0 spiro atoms. The van der Waals surface area contributed by atoms with Gasteiger partial charge in [-0.05, 0) is 99.8 Å². The molecule has 1 saturated heterocycles. The maximum Gasteiger partial charge on any atom is 0.255 e. The van der Waals surface area contributed by atoms with Crippen LogP contribution in [-0.2, 0) is 0 Å². The van der Waals surface area contributed by atoms with E-state index in [2.05, 4.69) is 28.8 Å². The minimum atomic E-state index is -0.119. The van der Waals surface area contributed by atoms with Crippen molar-refractivity contribution in [1.29, 1.82) is 0 Å². The van der Waals surface area contributed by atoms with Gasteiger partial charge in [0, 0.05) is 29.9 Å². The lowest BCUT2D eigenvalue weighted by atomic mass is 9.88. The molecule has 1 fully saturated rings. The van der Waals surface area contributed by atoms with Crippen molar-refractivity contribution in [3.8, 4) is 0 Å². The zero-order chi connectivity index (χ0) is 25.5. The Balaban J connectivity index is 1.66. The lowest BCUT2D eigenvalue weighted by molar-refractivity contribution is 0.0772. The molecular formula is C31H35N3O2. The Morgan fingerprint density at radius 2 is 1.44 bits per heavy atom. The Kier molecular flexibility index (Phi) is 8.34. The van der Waals surface area contributed by atoms with Gasteiger partial charge in [0.25, 0.3) is 11.8 Å². The summed E-state index contributed by atoms with van der Waals surface area (Å²) in [6.45, 7) is 9.26. The second kappa shape index (κ2) is 11.8. The van der Waals surface area contributed by atoms with Gasteiger partial charge in [-0.15, -0.1) is 0 Å². The molecule has 0 unspecified atom stereocenters. The van der Waals surface area contributed by atoms with Crippen LogP contribution in [0.5, 0.6) is 0 Å². The van der Waals surface area contributed by atoms with E-state index >= 15 is 0 Å². The number of anilines is 1. The molecule has 0 saturated carbocycles. The number of nitrogens with zero attached hydrogens (tertiary/aromatic N) is 1. The molecule has 5 heteroatoms. The first-order valence-electron chi connectivity index (χ1n) is 12.8. The van der Waals surface area contributed by atoms with Crippen LogP contribution in [-0.4, -0.2) is 42.9 Å². The first-order chi connectivity index (χ1) is 17.5. The van der Waals surface area contributed by atoms with E-state index in [9.17, 15) is 9.59 Å². The molecular weight excluding hydrogens is 446 g/mol. The number of benzene rings is 3. The third-order valence-corrected chi connectivity index (χ3v) is 6.72. The topological polar surface area (TPSA) is 61.4 Å². The average molecular weight is 482 g/mol. The molecule has 1 heterocycles.